The van der Waals surface area contributed by atoms with Crippen LogP contribution in [0.15, 0.2) is 36.4 Å². The fraction of sp³-hybridized carbons (Fsp3) is 0.650. The Bertz CT molecular complexity index is 1650. The van der Waals surface area contributed by atoms with E-state index in [0.717, 1.165) is 95.3 Å². The van der Waals surface area contributed by atoms with Gasteiger partial charge in [-0.3, -0.25) is 9.80 Å². The smallest absolute Gasteiger partial charge is 0.426 e. The highest BCUT2D eigenvalue weighted by molar-refractivity contribution is 5.85. The van der Waals surface area contributed by atoms with Crippen molar-refractivity contribution in [3.63, 3.8) is 0 Å². The SMILES string of the molecule is Cc1ccc(CN2CCN(C(=O)OC(C(F)(F)F)C(F)(F)F)CC2)c(N2CCCC2)c1.Cc1ccc(CN2CCN(C(=O)OC(C(F)(F)F)C(F)(F)F)CC2)c(N2CCCC2)c1.Cl.Cl. The first-order valence-corrected chi connectivity index (χ1v) is 20.2. The number of hydrogen-bond acceptors (Lipinski definition) is 8. The number of ether oxygens (including phenoxy) is 2. The molecular formula is C40H52Cl2F12N6O4. The Morgan fingerprint density at radius 1 is 0.484 bits per heavy atom. The Labute approximate surface area is 375 Å². The molecule has 2 aromatic carbocycles. The number of rotatable bonds is 8. The molecule has 0 saturated carbocycles. The zero-order chi connectivity index (χ0) is 45.6. The average Bonchev–Trinajstić information content (AvgIpc) is 3.92. The highest BCUT2D eigenvalue weighted by Gasteiger charge is 2.61. The molecule has 0 unspecified atom stereocenters. The van der Waals surface area contributed by atoms with Crippen molar-refractivity contribution in [1.29, 1.82) is 0 Å². The van der Waals surface area contributed by atoms with Crippen molar-refractivity contribution in [2.45, 2.75) is 89.5 Å². The first-order chi connectivity index (χ1) is 28.9. The van der Waals surface area contributed by atoms with Crippen LogP contribution in [0.4, 0.5) is 73.6 Å². The number of anilines is 2. The van der Waals surface area contributed by atoms with E-state index in [1.54, 1.807) is 0 Å². The number of carbonyl (C=O) groups excluding carboxylic acids is 2. The molecule has 2 aromatic rings. The normalized spacial score (nSPS) is 18.1. The summed E-state index contributed by atoms with van der Waals surface area (Å²) in [5.74, 6) is 0. The molecule has 6 rings (SSSR count). The van der Waals surface area contributed by atoms with E-state index >= 15 is 0 Å². The third kappa shape index (κ3) is 15.1. The quantitative estimate of drug-likeness (QED) is 0.243. The van der Waals surface area contributed by atoms with E-state index in [0.29, 0.717) is 39.3 Å². The largest absolute Gasteiger partial charge is 0.434 e. The fourth-order valence-electron chi connectivity index (χ4n) is 7.77. The molecule has 0 aliphatic carbocycles. The predicted molar refractivity (Wildman–Crippen MR) is 218 cm³/mol. The van der Waals surface area contributed by atoms with Gasteiger partial charge in [0.05, 0.1) is 0 Å². The van der Waals surface area contributed by atoms with Crippen LogP contribution in [0.2, 0.25) is 0 Å². The summed E-state index contributed by atoms with van der Waals surface area (Å²) < 4.78 is 159. The Morgan fingerprint density at radius 2 is 0.766 bits per heavy atom. The number of hydrogen-bond donors (Lipinski definition) is 0. The molecule has 0 N–H and O–H groups in total. The second-order valence-electron chi connectivity index (χ2n) is 15.9. The highest BCUT2D eigenvalue weighted by atomic mass is 35.5. The average molecular weight is 980 g/mol. The zero-order valence-corrected chi connectivity index (χ0v) is 36.6. The fourth-order valence-corrected chi connectivity index (χ4v) is 7.77. The number of amides is 2. The number of benzene rings is 2. The second kappa shape index (κ2) is 22.6. The molecule has 364 valence electrons. The number of alkyl halides is 12. The maximum atomic E-state index is 12.6. The number of halogens is 14. The van der Waals surface area contributed by atoms with Gasteiger partial charge >= 0.3 is 36.9 Å². The molecule has 4 heterocycles. The Kier molecular flexibility index (Phi) is 19.3. The van der Waals surface area contributed by atoms with Crippen LogP contribution in [0.1, 0.15) is 47.9 Å². The highest BCUT2D eigenvalue weighted by Crippen LogP contribution is 2.38. The van der Waals surface area contributed by atoms with Gasteiger partial charge in [0.1, 0.15) is 0 Å². The first kappa shape index (κ1) is 54.6. The lowest BCUT2D eigenvalue weighted by molar-refractivity contribution is -0.309. The Hall–Kier alpha value is -3.76. The maximum Gasteiger partial charge on any atom is 0.434 e. The summed E-state index contributed by atoms with van der Waals surface area (Å²) in [5, 5.41) is 0. The number of carbonyl (C=O) groups is 2. The first-order valence-electron chi connectivity index (χ1n) is 20.2. The van der Waals surface area contributed by atoms with Crippen LogP contribution in [-0.4, -0.2) is 147 Å². The molecule has 4 saturated heterocycles. The van der Waals surface area contributed by atoms with Crippen LogP contribution < -0.4 is 9.80 Å². The molecule has 0 atom stereocenters. The van der Waals surface area contributed by atoms with Gasteiger partial charge in [-0.1, -0.05) is 24.3 Å². The van der Waals surface area contributed by atoms with Crippen LogP contribution >= 0.6 is 24.8 Å². The zero-order valence-electron chi connectivity index (χ0n) is 35.0. The minimum Gasteiger partial charge on any atom is -0.426 e. The third-order valence-electron chi connectivity index (χ3n) is 11.1. The minimum atomic E-state index is -5.72. The van der Waals surface area contributed by atoms with E-state index in [-0.39, 0.29) is 51.0 Å². The van der Waals surface area contributed by atoms with E-state index in [1.807, 2.05) is 47.9 Å². The molecule has 0 bridgehead atoms. The lowest BCUT2D eigenvalue weighted by Crippen LogP contribution is -2.52. The van der Waals surface area contributed by atoms with E-state index in [2.05, 4.69) is 31.4 Å². The Morgan fingerprint density at radius 3 is 1.03 bits per heavy atom. The van der Waals surface area contributed by atoms with Crippen LogP contribution in [0, 0.1) is 13.8 Å². The van der Waals surface area contributed by atoms with E-state index in [1.165, 1.54) is 0 Å². The van der Waals surface area contributed by atoms with Crippen molar-refractivity contribution < 1.29 is 71.7 Å². The van der Waals surface area contributed by atoms with E-state index in [4.69, 9.17) is 0 Å². The summed E-state index contributed by atoms with van der Waals surface area (Å²) in [7, 11) is 0. The van der Waals surface area contributed by atoms with Crippen molar-refractivity contribution in [2.24, 2.45) is 0 Å². The second-order valence-corrected chi connectivity index (χ2v) is 15.9. The van der Waals surface area contributed by atoms with Crippen molar-refractivity contribution in [1.82, 2.24) is 19.6 Å². The Balaban J connectivity index is 0.000000330. The van der Waals surface area contributed by atoms with Crippen molar-refractivity contribution in [3.8, 4) is 0 Å². The molecule has 4 fully saturated rings. The molecular weight excluding hydrogens is 927 g/mol. The standard InChI is InChI=1S/2C20H25F6N3O2.2ClH/c2*1-14-4-5-15(16(12-14)28-6-2-3-7-28)13-27-8-10-29(11-9-27)18(30)31-17(19(21,22)23)20(24,25)26;;/h2*4-5,12,17H,2-3,6-11,13H2,1H3;2*1H. The number of piperazine rings is 2. The van der Waals surface area contributed by atoms with Crippen molar-refractivity contribution in [3.05, 3.63) is 58.7 Å². The van der Waals surface area contributed by atoms with Gasteiger partial charge in [-0.25, -0.2) is 9.59 Å². The summed E-state index contributed by atoms with van der Waals surface area (Å²) in [6.45, 7) is 10.4. The van der Waals surface area contributed by atoms with E-state index in [9.17, 15) is 62.3 Å². The lowest BCUT2D eigenvalue weighted by Gasteiger charge is -2.36. The summed E-state index contributed by atoms with van der Waals surface area (Å²) >= 11 is 0. The van der Waals surface area contributed by atoms with Crippen molar-refractivity contribution in [2.75, 3.05) is 88.3 Å². The van der Waals surface area contributed by atoms with Gasteiger partial charge in [0.15, 0.2) is 0 Å². The molecule has 24 heteroatoms. The summed E-state index contributed by atoms with van der Waals surface area (Å²) in [5.41, 5.74) is 6.80. The number of nitrogens with zero attached hydrogens (tertiary/aromatic N) is 6. The molecule has 2 amide bonds. The molecule has 0 radical (unpaired) electrons. The van der Waals surface area contributed by atoms with Gasteiger partial charge in [0, 0.05) is 103 Å². The lowest BCUT2D eigenvalue weighted by atomic mass is 10.1. The van der Waals surface area contributed by atoms with Crippen LogP contribution in [0.3, 0.4) is 0 Å². The summed E-state index contributed by atoms with van der Waals surface area (Å²) in [6, 6.07) is 12.4. The van der Waals surface area contributed by atoms with E-state index < -0.39 is 49.1 Å². The van der Waals surface area contributed by atoms with Gasteiger partial charge in [0.25, 0.3) is 12.2 Å². The van der Waals surface area contributed by atoms with Gasteiger partial charge in [-0.05, 0) is 73.9 Å². The van der Waals surface area contributed by atoms with Crippen molar-refractivity contribution >= 4 is 48.4 Å². The third-order valence-corrected chi connectivity index (χ3v) is 11.1. The predicted octanol–water partition coefficient (Wildman–Crippen LogP) is 9.53. The summed E-state index contributed by atoms with van der Waals surface area (Å²) in [4.78, 5) is 34.3. The monoisotopic (exact) mass is 978 g/mol. The maximum absolute atomic E-state index is 12.6. The molecule has 4 aliphatic rings. The number of aryl methyl sites for hydroxylation is 2. The van der Waals surface area contributed by atoms with Gasteiger partial charge in [0.2, 0.25) is 0 Å². The summed E-state index contributed by atoms with van der Waals surface area (Å²) in [6.07, 6.45) is -29.8. The van der Waals surface area contributed by atoms with Crippen LogP contribution in [0.25, 0.3) is 0 Å². The topological polar surface area (TPSA) is 72.0 Å². The van der Waals surface area contributed by atoms with Gasteiger partial charge in [-0.2, -0.15) is 52.7 Å². The van der Waals surface area contributed by atoms with Crippen LogP contribution in [0.5, 0.6) is 0 Å². The minimum absolute atomic E-state index is 0. The molecule has 4 aliphatic heterocycles. The molecule has 0 aromatic heterocycles. The molecule has 64 heavy (non-hydrogen) atoms. The van der Waals surface area contributed by atoms with Gasteiger partial charge < -0.3 is 29.1 Å². The molecule has 10 nitrogen and oxygen atoms in total. The van der Waals surface area contributed by atoms with Crippen LogP contribution in [-0.2, 0) is 22.6 Å². The van der Waals surface area contributed by atoms with Gasteiger partial charge in [-0.15, -0.1) is 24.8 Å². The molecule has 0 spiro atoms.